The van der Waals surface area contributed by atoms with E-state index in [2.05, 4.69) is 10.0 Å². The molecule has 1 aliphatic heterocycles. The van der Waals surface area contributed by atoms with Crippen molar-refractivity contribution in [3.05, 3.63) is 89.5 Å². The predicted octanol–water partition coefficient (Wildman–Crippen LogP) is 2.81. The summed E-state index contributed by atoms with van der Waals surface area (Å²) < 4.78 is 34.6. The lowest BCUT2D eigenvalue weighted by Gasteiger charge is -2.20. The molecular formula is C27H29N3O5S. The second-order valence-corrected chi connectivity index (χ2v) is 10.3. The van der Waals surface area contributed by atoms with Gasteiger partial charge in [0.05, 0.1) is 12.0 Å². The number of carbonyl (C=O) groups is 2. The number of amides is 2. The summed E-state index contributed by atoms with van der Waals surface area (Å²) >= 11 is 0. The van der Waals surface area contributed by atoms with E-state index in [1.165, 1.54) is 13.0 Å². The van der Waals surface area contributed by atoms with Crippen molar-refractivity contribution in [2.24, 2.45) is 0 Å². The number of ether oxygens (including phenoxy) is 1. The van der Waals surface area contributed by atoms with Crippen LogP contribution in [0.2, 0.25) is 0 Å². The van der Waals surface area contributed by atoms with Crippen LogP contribution in [0, 0.1) is 0 Å². The molecule has 36 heavy (non-hydrogen) atoms. The molecular weight excluding hydrogens is 478 g/mol. The van der Waals surface area contributed by atoms with Gasteiger partial charge in [0.2, 0.25) is 21.8 Å². The van der Waals surface area contributed by atoms with E-state index in [1.807, 2.05) is 48.5 Å². The van der Waals surface area contributed by atoms with Gasteiger partial charge in [-0.1, -0.05) is 48.5 Å². The Hall–Kier alpha value is -3.69. The lowest BCUT2D eigenvalue weighted by Crippen LogP contribution is -2.47. The molecule has 9 heteroatoms. The second-order valence-electron chi connectivity index (χ2n) is 8.60. The molecule has 0 saturated carbocycles. The zero-order valence-corrected chi connectivity index (χ0v) is 21.0. The van der Waals surface area contributed by atoms with Crippen molar-refractivity contribution < 1.29 is 22.7 Å². The van der Waals surface area contributed by atoms with Crippen LogP contribution in [0.4, 0.5) is 5.69 Å². The number of hydrogen-bond donors (Lipinski definition) is 2. The summed E-state index contributed by atoms with van der Waals surface area (Å²) in [5.41, 5.74) is 3.11. The van der Waals surface area contributed by atoms with E-state index in [1.54, 1.807) is 30.2 Å². The van der Waals surface area contributed by atoms with Crippen LogP contribution in [0.15, 0.2) is 77.7 Å². The van der Waals surface area contributed by atoms with Gasteiger partial charge in [-0.15, -0.1) is 0 Å². The summed E-state index contributed by atoms with van der Waals surface area (Å²) in [6, 6.07) is 20.2. The number of anilines is 1. The van der Waals surface area contributed by atoms with E-state index in [0.717, 1.165) is 22.4 Å². The first-order valence-electron chi connectivity index (χ1n) is 11.7. The first kappa shape index (κ1) is 25.4. The number of rotatable bonds is 9. The molecule has 0 bridgehead atoms. The summed E-state index contributed by atoms with van der Waals surface area (Å²) in [6.45, 7) is 2.19. The standard InChI is InChI=1S/C27H29N3O5S/c1-19(31)30-15-14-21-17-23(12-13-25(21)30)36(33,34)29-24(16-20-8-4-3-5-9-20)27(32)28-18-22-10-6-7-11-26(22)35-2/h3-13,17,24,29H,14-16,18H2,1-2H3,(H,28,32). The fourth-order valence-electron chi connectivity index (χ4n) is 4.32. The summed E-state index contributed by atoms with van der Waals surface area (Å²) in [6.07, 6.45) is 0.756. The smallest absolute Gasteiger partial charge is 0.241 e. The summed E-state index contributed by atoms with van der Waals surface area (Å²) in [5, 5.41) is 2.84. The van der Waals surface area contributed by atoms with Crippen LogP contribution in [-0.4, -0.2) is 39.9 Å². The minimum atomic E-state index is -4.02. The molecule has 1 heterocycles. The lowest BCUT2D eigenvalue weighted by atomic mass is 10.1. The Kier molecular flexibility index (Phi) is 7.71. The molecule has 0 spiro atoms. The van der Waals surface area contributed by atoms with E-state index >= 15 is 0 Å². The molecule has 2 N–H and O–H groups in total. The van der Waals surface area contributed by atoms with Crippen LogP contribution in [0.1, 0.15) is 23.6 Å². The fraction of sp³-hybridized carbons (Fsp3) is 0.259. The quantitative estimate of drug-likeness (QED) is 0.464. The fourth-order valence-corrected chi connectivity index (χ4v) is 5.57. The van der Waals surface area contributed by atoms with Crippen molar-refractivity contribution in [3.8, 4) is 5.75 Å². The maximum absolute atomic E-state index is 13.3. The first-order valence-corrected chi connectivity index (χ1v) is 13.1. The maximum atomic E-state index is 13.3. The van der Waals surface area contributed by atoms with E-state index in [4.69, 9.17) is 4.74 Å². The Bertz CT molecular complexity index is 1360. The largest absolute Gasteiger partial charge is 0.496 e. The van der Waals surface area contributed by atoms with E-state index < -0.39 is 22.0 Å². The highest BCUT2D eigenvalue weighted by Crippen LogP contribution is 2.30. The molecule has 1 aliphatic rings. The Balaban J connectivity index is 1.55. The number of sulfonamides is 1. The van der Waals surface area contributed by atoms with Crippen molar-refractivity contribution in [1.82, 2.24) is 10.0 Å². The Morgan fingerprint density at radius 2 is 1.75 bits per heavy atom. The van der Waals surface area contributed by atoms with Gasteiger partial charge >= 0.3 is 0 Å². The van der Waals surface area contributed by atoms with Crippen LogP contribution >= 0.6 is 0 Å². The molecule has 8 nitrogen and oxygen atoms in total. The average molecular weight is 508 g/mol. The molecule has 1 unspecified atom stereocenters. The van der Waals surface area contributed by atoms with Crippen LogP contribution in [0.5, 0.6) is 5.75 Å². The van der Waals surface area contributed by atoms with Gasteiger partial charge < -0.3 is 15.0 Å². The number of fused-ring (bicyclic) bond motifs is 1. The maximum Gasteiger partial charge on any atom is 0.241 e. The van der Waals surface area contributed by atoms with Crippen molar-refractivity contribution >= 4 is 27.5 Å². The molecule has 0 aromatic heterocycles. The Morgan fingerprint density at radius 1 is 1.03 bits per heavy atom. The first-order chi connectivity index (χ1) is 17.3. The van der Waals surface area contributed by atoms with Gasteiger partial charge in [-0.3, -0.25) is 9.59 Å². The molecule has 2 amide bonds. The van der Waals surface area contributed by atoms with Gasteiger partial charge in [0.25, 0.3) is 0 Å². The highest BCUT2D eigenvalue weighted by Gasteiger charge is 2.29. The summed E-state index contributed by atoms with van der Waals surface area (Å²) in [5.74, 6) is 0.102. The van der Waals surface area contributed by atoms with Crippen LogP contribution in [0.3, 0.4) is 0 Å². The Morgan fingerprint density at radius 3 is 2.47 bits per heavy atom. The highest BCUT2D eigenvalue weighted by molar-refractivity contribution is 7.89. The van der Waals surface area contributed by atoms with Gasteiger partial charge in [0.15, 0.2) is 0 Å². The Labute approximate surface area is 211 Å². The molecule has 3 aromatic rings. The van der Waals surface area contributed by atoms with Crippen molar-refractivity contribution in [3.63, 3.8) is 0 Å². The molecule has 4 rings (SSSR count). The second kappa shape index (κ2) is 10.9. The monoisotopic (exact) mass is 507 g/mol. The molecule has 0 fully saturated rings. The van der Waals surface area contributed by atoms with Crippen LogP contribution < -0.4 is 19.7 Å². The molecule has 0 radical (unpaired) electrons. The minimum absolute atomic E-state index is 0.0576. The van der Waals surface area contributed by atoms with Crippen molar-refractivity contribution in [2.45, 2.75) is 37.2 Å². The average Bonchev–Trinajstić information content (AvgIpc) is 3.31. The van der Waals surface area contributed by atoms with Gasteiger partial charge in [0, 0.05) is 31.3 Å². The summed E-state index contributed by atoms with van der Waals surface area (Å²) in [7, 11) is -2.46. The minimum Gasteiger partial charge on any atom is -0.496 e. The molecule has 0 aliphatic carbocycles. The lowest BCUT2D eigenvalue weighted by molar-refractivity contribution is -0.123. The van der Waals surface area contributed by atoms with Gasteiger partial charge in [0.1, 0.15) is 11.8 Å². The van der Waals surface area contributed by atoms with Gasteiger partial charge in [-0.05, 0) is 48.2 Å². The topological polar surface area (TPSA) is 105 Å². The molecule has 3 aromatic carbocycles. The molecule has 188 valence electrons. The number of methoxy groups -OCH3 is 1. The highest BCUT2D eigenvalue weighted by atomic mass is 32.2. The third-order valence-electron chi connectivity index (χ3n) is 6.18. The van der Waals surface area contributed by atoms with E-state index in [-0.39, 0.29) is 23.8 Å². The number of carbonyl (C=O) groups excluding carboxylic acids is 2. The van der Waals surface area contributed by atoms with Crippen LogP contribution in [-0.2, 0) is 39.0 Å². The summed E-state index contributed by atoms with van der Waals surface area (Å²) in [4.78, 5) is 26.7. The zero-order chi connectivity index (χ0) is 25.7. The van der Waals surface area contributed by atoms with Gasteiger partial charge in [-0.25, -0.2) is 8.42 Å². The van der Waals surface area contributed by atoms with E-state index in [0.29, 0.717) is 18.7 Å². The molecule has 0 saturated heterocycles. The third kappa shape index (κ3) is 5.75. The normalized spacial score (nSPS) is 13.7. The predicted molar refractivity (Wildman–Crippen MR) is 137 cm³/mol. The number of hydrogen-bond acceptors (Lipinski definition) is 5. The SMILES string of the molecule is COc1ccccc1CNC(=O)C(Cc1ccccc1)NS(=O)(=O)c1ccc2c(c1)CCN2C(C)=O. The van der Waals surface area contributed by atoms with Gasteiger partial charge in [-0.2, -0.15) is 4.72 Å². The number of benzene rings is 3. The van der Waals surface area contributed by atoms with E-state index in [9.17, 15) is 18.0 Å². The van der Waals surface area contributed by atoms with Crippen LogP contribution in [0.25, 0.3) is 0 Å². The van der Waals surface area contributed by atoms with Crippen molar-refractivity contribution in [1.29, 1.82) is 0 Å². The number of nitrogens with one attached hydrogen (secondary N) is 2. The molecule has 1 atom stereocenters. The number of nitrogens with zero attached hydrogens (tertiary/aromatic N) is 1. The zero-order valence-electron chi connectivity index (χ0n) is 20.2. The number of para-hydroxylation sites is 1. The third-order valence-corrected chi connectivity index (χ3v) is 7.65. The van der Waals surface area contributed by atoms with Crippen molar-refractivity contribution in [2.75, 3.05) is 18.6 Å².